The van der Waals surface area contributed by atoms with Crippen LogP contribution in [0.25, 0.3) is 0 Å². The molecule has 4 heteroatoms. The molecule has 0 aromatic carbocycles. The van der Waals surface area contributed by atoms with Crippen LogP contribution in [0.5, 0.6) is 0 Å². The maximum absolute atomic E-state index is 5.82. The normalized spacial score (nSPS) is 30.0. The van der Waals surface area contributed by atoms with Crippen LogP contribution in [-0.2, 0) is 9.05 Å². The average molecular weight is 229 g/mol. The fraction of sp³-hybridized carbons (Fsp3) is 0.636. The zero-order valence-corrected chi connectivity index (χ0v) is 10.7. The number of rotatable bonds is 3. The Morgan fingerprint density at radius 1 is 1.53 bits per heavy atom. The molecule has 0 spiro atoms. The first-order chi connectivity index (χ1) is 7.17. The Morgan fingerprint density at radius 3 is 2.80 bits per heavy atom. The average Bonchev–Trinajstić information content (AvgIpc) is 2.22. The highest BCUT2D eigenvalue weighted by atomic mass is 31.2. The predicted octanol–water partition coefficient (Wildman–Crippen LogP) is 3.10. The van der Waals surface area contributed by atoms with Gasteiger partial charge in [0.1, 0.15) is 0 Å². The van der Waals surface area contributed by atoms with Gasteiger partial charge in [0.25, 0.3) is 8.53 Å². The second-order valence-corrected chi connectivity index (χ2v) is 4.99. The summed E-state index contributed by atoms with van der Waals surface area (Å²) < 4.78 is 13.8. The van der Waals surface area contributed by atoms with Crippen molar-refractivity contribution in [1.29, 1.82) is 0 Å². The van der Waals surface area contributed by atoms with Gasteiger partial charge < -0.3 is 9.05 Å². The molecule has 86 valence electrons. The quantitative estimate of drug-likeness (QED) is 0.694. The van der Waals surface area contributed by atoms with Gasteiger partial charge in [-0.05, 0) is 12.5 Å². The molecule has 0 radical (unpaired) electrons. The second kappa shape index (κ2) is 6.39. The third kappa shape index (κ3) is 4.04. The minimum atomic E-state index is -0.924. The zero-order chi connectivity index (χ0) is 11.3. The number of hydrogen-bond donors (Lipinski definition) is 0. The third-order valence-corrected chi connectivity index (χ3v) is 4.07. The molecule has 0 saturated heterocycles. The Hall–Kier alpha value is -0.210. The Kier molecular flexibility index (Phi) is 5.48. The van der Waals surface area contributed by atoms with E-state index < -0.39 is 8.53 Å². The van der Waals surface area contributed by atoms with Crippen molar-refractivity contribution < 1.29 is 9.05 Å². The molecule has 0 N–H and O–H groups in total. The van der Waals surface area contributed by atoms with Crippen LogP contribution in [0.3, 0.4) is 0 Å². The molecule has 3 nitrogen and oxygen atoms in total. The van der Waals surface area contributed by atoms with Crippen molar-refractivity contribution >= 4 is 8.53 Å². The SMILES string of the molecule is C=C1/C=C\C(C)OP(N(CC)CC)OC1. The monoisotopic (exact) mass is 229 g/mol. The van der Waals surface area contributed by atoms with Crippen LogP contribution < -0.4 is 0 Å². The lowest BCUT2D eigenvalue weighted by atomic mass is 10.2. The highest BCUT2D eigenvalue weighted by molar-refractivity contribution is 7.44. The highest BCUT2D eigenvalue weighted by Crippen LogP contribution is 2.44. The lowest BCUT2D eigenvalue weighted by Crippen LogP contribution is -2.22. The minimum absolute atomic E-state index is 0.0914. The Bertz CT molecular complexity index is 239. The van der Waals surface area contributed by atoms with Crippen LogP contribution in [0.15, 0.2) is 24.3 Å². The van der Waals surface area contributed by atoms with Crippen molar-refractivity contribution in [1.82, 2.24) is 4.67 Å². The third-order valence-electron chi connectivity index (χ3n) is 2.18. The summed E-state index contributed by atoms with van der Waals surface area (Å²) in [6.07, 6.45) is 4.09. The molecular weight excluding hydrogens is 209 g/mol. The van der Waals surface area contributed by atoms with Crippen molar-refractivity contribution in [2.45, 2.75) is 26.9 Å². The molecule has 0 saturated carbocycles. The molecule has 0 amide bonds. The summed E-state index contributed by atoms with van der Waals surface area (Å²) in [5, 5.41) is 0. The van der Waals surface area contributed by atoms with Gasteiger partial charge in [-0.3, -0.25) is 0 Å². The summed E-state index contributed by atoms with van der Waals surface area (Å²) >= 11 is 0. The number of hydrogen-bond acceptors (Lipinski definition) is 3. The summed E-state index contributed by atoms with van der Waals surface area (Å²) in [7, 11) is -0.924. The van der Waals surface area contributed by atoms with Crippen LogP contribution in [0.2, 0.25) is 0 Å². The van der Waals surface area contributed by atoms with Crippen molar-refractivity contribution in [3.05, 3.63) is 24.3 Å². The molecule has 0 fully saturated rings. The fourth-order valence-corrected chi connectivity index (χ4v) is 2.72. The summed E-state index contributed by atoms with van der Waals surface area (Å²) in [6, 6.07) is 0. The van der Waals surface area contributed by atoms with E-state index in [-0.39, 0.29) is 6.10 Å². The highest BCUT2D eigenvalue weighted by Gasteiger charge is 2.22. The maximum atomic E-state index is 5.82. The van der Waals surface area contributed by atoms with Gasteiger partial charge >= 0.3 is 0 Å². The summed E-state index contributed by atoms with van der Waals surface area (Å²) in [4.78, 5) is 0. The molecule has 0 bridgehead atoms. The summed E-state index contributed by atoms with van der Waals surface area (Å²) in [5.74, 6) is 0. The Labute approximate surface area is 93.7 Å². The van der Waals surface area contributed by atoms with Crippen LogP contribution >= 0.6 is 8.53 Å². The molecule has 1 aliphatic heterocycles. The van der Waals surface area contributed by atoms with Gasteiger partial charge in [-0.25, -0.2) is 4.67 Å². The second-order valence-electron chi connectivity index (χ2n) is 3.48. The van der Waals surface area contributed by atoms with E-state index in [9.17, 15) is 0 Å². The van der Waals surface area contributed by atoms with Crippen LogP contribution in [0.4, 0.5) is 0 Å². The molecule has 1 aliphatic rings. The molecule has 2 unspecified atom stereocenters. The fourth-order valence-electron chi connectivity index (χ4n) is 1.27. The standard InChI is InChI=1S/C11H20NO2P/c1-5-12(6-2)15-13-9-10(3)7-8-11(4)14-15/h7-8,11H,3,5-6,9H2,1-2,4H3/b8-7-. The van der Waals surface area contributed by atoms with Gasteiger partial charge in [0.05, 0.1) is 12.7 Å². The van der Waals surface area contributed by atoms with Gasteiger partial charge in [0.2, 0.25) is 0 Å². The zero-order valence-electron chi connectivity index (χ0n) is 9.77. The lowest BCUT2D eigenvalue weighted by Gasteiger charge is -2.30. The van der Waals surface area contributed by atoms with E-state index >= 15 is 0 Å². The molecule has 0 aromatic rings. The van der Waals surface area contributed by atoms with Crippen molar-refractivity contribution in [3.63, 3.8) is 0 Å². The predicted molar refractivity (Wildman–Crippen MR) is 64.6 cm³/mol. The van der Waals surface area contributed by atoms with E-state index in [4.69, 9.17) is 9.05 Å². The molecule has 2 atom stereocenters. The topological polar surface area (TPSA) is 21.7 Å². The molecule has 15 heavy (non-hydrogen) atoms. The van der Waals surface area contributed by atoms with E-state index in [1.54, 1.807) is 0 Å². The minimum Gasteiger partial charge on any atom is -0.317 e. The van der Waals surface area contributed by atoms with Gasteiger partial charge in [-0.1, -0.05) is 32.6 Å². The van der Waals surface area contributed by atoms with E-state index in [0.717, 1.165) is 18.7 Å². The van der Waals surface area contributed by atoms with E-state index in [2.05, 4.69) is 25.1 Å². The first kappa shape index (κ1) is 12.9. The smallest absolute Gasteiger partial charge is 0.259 e. The summed E-state index contributed by atoms with van der Waals surface area (Å²) in [6.45, 7) is 12.6. The molecule has 0 aromatic heterocycles. The van der Waals surface area contributed by atoms with Crippen molar-refractivity contribution in [2.24, 2.45) is 0 Å². The molecule has 1 heterocycles. The van der Waals surface area contributed by atoms with Crippen molar-refractivity contribution in [2.75, 3.05) is 19.7 Å². The maximum Gasteiger partial charge on any atom is 0.259 e. The Balaban J connectivity index is 2.65. The first-order valence-corrected chi connectivity index (χ1v) is 6.51. The van der Waals surface area contributed by atoms with E-state index in [1.807, 2.05) is 19.1 Å². The summed E-state index contributed by atoms with van der Waals surface area (Å²) in [5.41, 5.74) is 1.00. The largest absolute Gasteiger partial charge is 0.317 e. The van der Waals surface area contributed by atoms with Gasteiger partial charge in [0.15, 0.2) is 0 Å². The molecular formula is C11H20NO2P. The first-order valence-electron chi connectivity index (χ1n) is 5.38. The lowest BCUT2D eigenvalue weighted by molar-refractivity contribution is 0.192. The van der Waals surface area contributed by atoms with Gasteiger partial charge in [-0.2, -0.15) is 0 Å². The van der Waals surface area contributed by atoms with Crippen LogP contribution in [0, 0.1) is 0 Å². The van der Waals surface area contributed by atoms with Crippen LogP contribution in [-0.4, -0.2) is 30.5 Å². The van der Waals surface area contributed by atoms with E-state index in [1.165, 1.54) is 0 Å². The van der Waals surface area contributed by atoms with Crippen molar-refractivity contribution in [3.8, 4) is 0 Å². The molecule has 0 aliphatic carbocycles. The van der Waals surface area contributed by atoms with E-state index in [0.29, 0.717) is 6.61 Å². The van der Waals surface area contributed by atoms with Gasteiger partial charge in [0, 0.05) is 13.1 Å². The van der Waals surface area contributed by atoms with Gasteiger partial charge in [-0.15, -0.1) is 0 Å². The number of nitrogens with zero attached hydrogens (tertiary/aromatic N) is 1. The Morgan fingerprint density at radius 2 is 2.20 bits per heavy atom. The molecule has 1 rings (SSSR count). The van der Waals surface area contributed by atoms with Crippen LogP contribution in [0.1, 0.15) is 20.8 Å².